The monoisotopic (exact) mass is 1140 g/mol. The lowest BCUT2D eigenvalue weighted by Gasteiger charge is -2.15. The van der Waals surface area contributed by atoms with Crippen molar-refractivity contribution in [3.8, 4) is 0 Å². The number of anilines is 3. The lowest BCUT2D eigenvalue weighted by Crippen LogP contribution is -2.31. The second kappa shape index (κ2) is 25.0. The Morgan fingerprint density at radius 2 is 1.08 bits per heavy atom. The largest absolute Gasteiger partial charge is 0.416 e. The SMILES string of the molecule is CC(C)N=C=O.Cc1ccc(S(=O)(=O)Nc2cc(Cl)cnc2C(=O)c2cc(CC(=O)NC(C)C)ccc2F)cc1C(F)(F)F.Cc1ccc(S(=O)(=O)Nc2cc(Cl)cnc2C(=O)c2cc(N)ccc2F)cc1C(F)(F)F. The van der Waals surface area contributed by atoms with Gasteiger partial charge < -0.3 is 11.1 Å². The molecule has 0 aliphatic rings. The van der Waals surface area contributed by atoms with Gasteiger partial charge in [-0.1, -0.05) is 41.4 Å². The number of aryl methyl sites for hydroxylation is 2. The van der Waals surface area contributed by atoms with Crippen LogP contribution in [0.2, 0.25) is 10.0 Å². The zero-order valence-electron chi connectivity index (χ0n) is 40.4. The molecular formula is C49H43Cl2F8N7O8S2. The number of nitrogens with zero attached hydrogens (tertiary/aromatic N) is 3. The summed E-state index contributed by atoms with van der Waals surface area (Å²) in [6.45, 7) is 9.53. The highest BCUT2D eigenvalue weighted by Gasteiger charge is 2.36. The van der Waals surface area contributed by atoms with E-state index in [0.717, 1.165) is 73.1 Å². The molecule has 0 saturated carbocycles. The summed E-state index contributed by atoms with van der Waals surface area (Å²) in [5, 5.41) is 2.49. The molecule has 2 heterocycles. The minimum atomic E-state index is -4.80. The number of pyridine rings is 2. The van der Waals surface area contributed by atoms with E-state index in [9.17, 15) is 71.1 Å². The van der Waals surface area contributed by atoms with Crippen LogP contribution in [0.15, 0.2) is 112 Å². The fourth-order valence-electron chi connectivity index (χ4n) is 6.44. The third kappa shape index (κ3) is 16.6. The van der Waals surface area contributed by atoms with Crippen LogP contribution in [0.3, 0.4) is 0 Å². The van der Waals surface area contributed by atoms with Crippen molar-refractivity contribution in [2.75, 3.05) is 15.2 Å². The van der Waals surface area contributed by atoms with Crippen molar-refractivity contribution in [2.45, 2.75) is 82.2 Å². The summed E-state index contributed by atoms with van der Waals surface area (Å²) >= 11 is 11.8. The standard InChI is InChI=1S/C25H22ClF4N3O4S.C20H14ClF4N3O3S.C4H7NO/c1-13(2)32-22(34)9-15-5-7-20(27)18(8-15)24(35)23-21(10-16(26)12-31-23)33-38(36,37)17-6-4-14(3)19(11-17)25(28,29)30;1-10-2-4-13(8-15(10)20(23,24)25)32(30,31)28-17-6-11(21)9-27-18(17)19(29)14-7-12(26)3-5-16(14)22;1-4(2)5-3-6/h4-8,10-13,33H,9H2,1-3H3,(H,32,34);2-9,28H,26H2,1H3;4H,1-2H3. The van der Waals surface area contributed by atoms with E-state index in [-0.39, 0.29) is 51.3 Å². The summed E-state index contributed by atoms with van der Waals surface area (Å²) in [4.78, 5) is 57.0. The molecule has 404 valence electrons. The maximum atomic E-state index is 14.6. The van der Waals surface area contributed by atoms with Gasteiger partial charge in [0.1, 0.15) is 23.0 Å². The van der Waals surface area contributed by atoms with Gasteiger partial charge in [0.15, 0.2) is 0 Å². The second-order valence-electron chi connectivity index (χ2n) is 16.7. The Kier molecular flexibility index (Phi) is 20.2. The molecule has 0 spiro atoms. The molecule has 1 amide bonds. The number of alkyl halides is 6. The molecule has 6 rings (SSSR count). The van der Waals surface area contributed by atoms with Crippen LogP contribution >= 0.6 is 23.2 Å². The number of hydrogen-bond donors (Lipinski definition) is 4. The number of hydrogen-bond acceptors (Lipinski definition) is 12. The summed E-state index contributed by atoms with van der Waals surface area (Å²) in [7, 11) is -9.27. The van der Waals surface area contributed by atoms with Crippen molar-refractivity contribution >= 4 is 83.9 Å². The number of carbonyl (C=O) groups excluding carboxylic acids is 4. The summed E-state index contributed by atoms with van der Waals surface area (Å²) in [6, 6.07) is 13.5. The van der Waals surface area contributed by atoms with E-state index in [1.165, 1.54) is 32.1 Å². The Hall–Kier alpha value is -7.31. The maximum Gasteiger partial charge on any atom is 0.416 e. The van der Waals surface area contributed by atoms with Gasteiger partial charge in [0, 0.05) is 24.1 Å². The van der Waals surface area contributed by atoms with E-state index >= 15 is 0 Å². The lowest BCUT2D eigenvalue weighted by atomic mass is 10.0. The zero-order valence-corrected chi connectivity index (χ0v) is 43.5. The quantitative estimate of drug-likeness (QED) is 0.0263. The number of ketones is 2. The highest BCUT2D eigenvalue weighted by Crippen LogP contribution is 2.36. The number of aromatic nitrogens is 2. The summed E-state index contributed by atoms with van der Waals surface area (Å²) in [5.74, 6) is -4.30. The van der Waals surface area contributed by atoms with Crippen LogP contribution in [0.25, 0.3) is 0 Å². The van der Waals surface area contributed by atoms with Crippen molar-refractivity contribution in [3.63, 3.8) is 0 Å². The van der Waals surface area contributed by atoms with Crippen LogP contribution < -0.4 is 20.5 Å². The minimum Gasteiger partial charge on any atom is -0.399 e. The first kappa shape index (κ1) is 61.2. The third-order valence-electron chi connectivity index (χ3n) is 9.91. The van der Waals surface area contributed by atoms with Crippen LogP contribution in [0, 0.1) is 25.5 Å². The molecule has 2 aromatic heterocycles. The molecule has 0 aliphatic carbocycles. The van der Waals surface area contributed by atoms with E-state index < -0.39 is 110 Å². The van der Waals surface area contributed by atoms with Gasteiger partial charge in [0.25, 0.3) is 20.0 Å². The Labute approximate surface area is 440 Å². The van der Waals surface area contributed by atoms with Gasteiger partial charge in [0.05, 0.1) is 65.9 Å². The molecular weight excluding hydrogens is 1100 g/mol. The second-order valence-corrected chi connectivity index (χ2v) is 20.9. The molecule has 27 heteroatoms. The predicted octanol–water partition coefficient (Wildman–Crippen LogP) is 10.8. The van der Waals surface area contributed by atoms with Crippen LogP contribution in [0.1, 0.15) is 87.6 Å². The molecule has 6 aromatic rings. The van der Waals surface area contributed by atoms with Crippen LogP contribution in [-0.2, 0) is 48.4 Å². The molecule has 0 aliphatic heterocycles. The number of aliphatic imine (C=N–C) groups is 1. The van der Waals surface area contributed by atoms with E-state index in [4.69, 9.17) is 28.9 Å². The maximum absolute atomic E-state index is 14.6. The normalized spacial score (nSPS) is 11.6. The Morgan fingerprint density at radius 1 is 0.658 bits per heavy atom. The molecule has 4 aromatic carbocycles. The summed E-state index contributed by atoms with van der Waals surface area (Å²) in [5.41, 5.74) is 0.352. The number of rotatable bonds is 14. The predicted molar refractivity (Wildman–Crippen MR) is 267 cm³/mol. The van der Waals surface area contributed by atoms with Crippen LogP contribution in [-0.4, -0.2) is 62.4 Å². The van der Waals surface area contributed by atoms with Gasteiger partial charge in [-0.15, -0.1) is 0 Å². The molecule has 0 fully saturated rings. The van der Waals surface area contributed by atoms with Gasteiger partial charge in [-0.05, 0) is 125 Å². The summed E-state index contributed by atoms with van der Waals surface area (Å²) in [6.07, 6.45) is -6.23. The van der Waals surface area contributed by atoms with E-state index in [1.54, 1.807) is 13.8 Å². The first-order chi connectivity index (χ1) is 35.1. The first-order valence-electron chi connectivity index (χ1n) is 21.7. The van der Waals surface area contributed by atoms with Crippen molar-refractivity contribution in [3.05, 3.63) is 169 Å². The first-order valence-corrected chi connectivity index (χ1v) is 25.4. The highest BCUT2D eigenvalue weighted by molar-refractivity contribution is 7.93. The summed E-state index contributed by atoms with van der Waals surface area (Å²) < 4.78 is 164. The number of nitrogens with two attached hydrogens (primary N) is 1. The molecule has 5 N–H and O–H groups in total. The van der Waals surface area contributed by atoms with Crippen molar-refractivity contribution in [1.29, 1.82) is 0 Å². The van der Waals surface area contributed by atoms with Crippen molar-refractivity contribution in [1.82, 2.24) is 15.3 Å². The number of amides is 1. The Balaban J connectivity index is 0.000000300. The van der Waals surface area contributed by atoms with Crippen LogP contribution in [0.4, 0.5) is 52.2 Å². The number of carbonyl (C=O) groups is 3. The smallest absolute Gasteiger partial charge is 0.399 e. The van der Waals surface area contributed by atoms with E-state index in [0.29, 0.717) is 17.7 Å². The third-order valence-corrected chi connectivity index (χ3v) is 13.1. The number of benzene rings is 4. The highest BCUT2D eigenvalue weighted by atomic mass is 35.5. The van der Waals surface area contributed by atoms with Gasteiger partial charge in [-0.2, -0.15) is 26.3 Å². The molecule has 0 saturated heterocycles. The average Bonchev–Trinajstić information content (AvgIpc) is 3.29. The fraction of sp³-hybridized carbons (Fsp3) is 0.224. The number of sulfonamides is 2. The Morgan fingerprint density at radius 3 is 1.46 bits per heavy atom. The molecule has 0 bridgehead atoms. The molecule has 0 radical (unpaired) electrons. The lowest BCUT2D eigenvalue weighted by molar-refractivity contribution is -0.139. The topological polar surface area (TPSA) is 237 Å². The Bertz CT molecular complexity index is 3470. The molecule has 15 nitrogen and oxygen atoms in total. The van der Waals surface area contributed by atoms with Gasteiger partial charge in [-0.25, -0.2) is 45.4 Å². The zero-order chi connectivity index (χ0) is 57.2. The van der Waals surface area contributed by atoms with Crippen molar-refractivity contribution < 1.29 is 71.1 Å². The molecule has 76 heavy (non-hydrogen) atoms. The number of halogens is 10. The number of nitrogens with one attached hydrogen (secondary N) is 3. The molecule has 0 unspecified atom stereocenters. The van der Waals surface area contributed by atoms with Crippen LogP contribution in [0.5, 0.6) is 0 Å². The van der Waals surface area contributed by atoms with Crippen molar-refractivity contribution in [2.24, 2.45) is 4.99 Å². The average molecular weight is 1140 g/mol. The fourth-order valence-corrected chi connectivity index (χ4v) is 8.93. The molecule has 0 atom stereocenters. The van der Waals surface area contributed by atoms with Gasteiger partial charge in [0.2, 0.25) is 23.6 Å². The van der Waals surface area contributed by atoms with E-state index in [1.807, 2.05) is 23.3 Å². The van der Waals surface area contributed by atoms with Gasteiger partial charge >= 0.3 is 12.4 Å². The number of isocyanates is 1. The minimum absolute atomic E-state index is 0.0742. The number of nitrogen functional groups attached to an aromatic ring is 1. The van der Waals surface area contributed by atoms with Gasteiger partial charge in [-0.3, -0.25) is 23.8 Å². The van der Waals surface area contributed by atoms with E-state index in [2.05, 4.69) is 20.3 Å².